The summed E-state index contributed by atoms with van der Waals surface area (Å²) in [7, 11) is -1.93. The Bertz CT molecular complexity index is 435. The molecular formula is C20H38O4Si. The molecule has 5 heteroatoms. The molecular weight excluding hydrogens is 332 g/mol. The van der Waals surface area contributed by atoms with Crippen LogP contribution in [0.5, 0.6) is 0 Å². The van der Waals surface area contributed by atoms with E-state index in [9.17, 15) is 4.79 Å². The molecule has 3 atom stereocenters. The molecule has 1 saturated heterocycles. The van der Waals surface area contributed by atoms with Crippen molar-refractivity contribution in [3.63, 3.8) is 0 Å². The van der Waals surface area contributed by atoms with Crippen molar-refractivity contribution in [2.45, 2.75) is 115 Å². The first-order chi connectivity index (χ1) is 11.7. The van der Waals surface area contributed by atoms with E-state index < -0.39 is 19.7 Å². The summed E-state index contributed by atoms with van der Waals surface area (Å²) in [5.74, 6) is -0.195. The van der Waals surface area contributed by atoms with Crippen molar-refractivity contribution >= 4 is 14.6 Å². The fourth-order valence-electron chi connectivity index (χ4n) is 4.62. The number of rotatable bonds is 8. The van der Waals surface area contributed by atoms with Crippen LogP contribution in [0.3, 0.4) is 0 Å². The van der Waals surface area contributed by atoms with Crippen molar-refractivity contribution in [2.24, 2.45) is 5.92 Å². The summed E-state index contributed by atoms with van der Waals surface area (Å²) in [6, 6.07) is 3.07. The predicted octanol–water partition coefficient (Wildman–Crippen LogP) is 5.07. The Hall–Kier alpha value is -0.233. The summed E-state index contributed by atoms with van der Waals surface area (Å²) < 4.78 is 19.3. The fourth-order valence-corrected chi connectivity index (χ4v) is 7.65. The third kappa shape index (κ3) is 4.55. The summed E-state index contributed by atoms with van der Waals surface area (Å²) in [6.07, 6.45) is 6.73. The van der Waals surface area contributed by atoms with Crippen molar-refractivity contribution < 1.29 is 18.7 Å². The molecule has 0 N–H and O–H groups in total. The molecule has 146 valence electrons. The number of aldehydes is 1. The molecule has 0 bridgehead atoms. The van der Waals surface area contributed by atoms with Crippen LogP contribution in [0.15, 0.2) is 0 Å². The molecule has 4 nitrogen and oxygen atoms in total. The molecule has 0 spiro atoms. The highest BCUT2D eigenvalue weighted by molar-refractivity contribution is 6.73. The Morgan fingerprint density at radius 2 is 1.64 bits per heavy atom. The Kier molecular flexibility index (Phi) is 6.91. The number of carbonyl (C=O) groups excluding carboxylic acids is 1. The minimum Gasteiger partial charge on any atom is -0.402 e. The van der Waals surface area contributed by atoms with Gasteiger partial charge in [-0.25, -0.2) is 0 Å². The van der Waals surface area contributed by atoms with E-state index in [1.54, 1.807) is 0 Å². The van der Waals surface area contributed by atoms with Crippen LogP contribution in [-0.2, 0) is 18.7 Å². The molecule has 0 aromatic rings. The van der Waals surface area contributed by atoms with E-state index in [0.29, 0.717) is 5.92 Å². The first-order valence-corrected chi connectivity index (χ1v) is 12.8. The summed E-state index contributed by atoms with van der Waals surface area (Å²) >= 11 is 0. The zero-order valence-electron chi connectivity index (χ0n) is 17.1. The molecule has 0 aromatic carbocycles. The van der Waals surface area contributed by atoms with Crippen LogP contribution in [0.1, 0.15) is 73.6 Å². The lowest BCUT2D eigenvalue weighted by Crippen LogP contribution is -2.57. The Morgan fingerprint density at radius 1 is 1.08 bits per heavy atom. The average Bonchev–Trinajstić information content (AvgIpc) is 2.97. The van der Waals surface area contributed by atoms with Crippen LogP contribution in [0.4, 0.5) is 0 Å². The molecule has 2 rings (SSSR count). The summed E-state index contributed by atoms with van der Waals surface area (Å²) in [6.45, 7) is 12.4. The lowest BCUT2D eigenvalue weighted by atomic mass is 9.80. The van der Waals surface area contributed by atoms with E-state index >= 15 is 0 Å². The van der Waals surface area contributed by atoms with Crippen LogP contribution in [0.25, 0.3) is 0 Å². The van der Waals surface area contributed by atoms with Crippen molar-refractivity contribution in [1.82, 2.24) is 0 Å². The zero-order chi connectivity index (χ0) is 18.7. The average molecular weight is 371 g/mol. The van der Waals surface area contributed by atoms with Gasteiger partial charge in [0.15, 0.2) is 20.4 Å². The number of carbonyl (C=O) groups is 1. The van der Waals surface area contributed by atoms with Gasteiger partial charge in [-0.15, -0.1) is 0 Å². The van der Waals surface area contributed by atoms with Gasteiger partial charge >= 0.3 is 0 Å². The van der Waals surface area contributed by atoms with Crippen LogP contribution < -0.4 is 0 Å². The van der Waals surface area contributed by atoms with Gasteiger partial charge in [0, 0.05) is 0 Å². The highest BCUT2D eigenvalue weighted by Crippen LogP contribution is 2.43. The summed E-state index contributed by atoms with van der Waals surface area (Å²) in [5, 5.41) is 0. The molecule has 1 aliphatic carbocycles. The SMILES string of the molecule is CC[Si](CC)(CC)O[C@](C)(C=O)[C@@H]1OC(C)(C)O[C@@H]1C1CCCCC1. The van der Waals surface area contributed by atoms with Crippen LogP contribution in [0.2, 0.25) is 18.1 Å². The number of hydrogen-bond donors (Lipinski definition) is 0. The van der Waals surface area contributed by atoms with Gasteiger partial charge in [0.05, 0.1) is 6.10 Å². The predicted molar refractivity (Wildman–Crippen MR) is 103 cm³/mol. The quantitative estimate of drug-likeness (QED) is 0.442. The second-order valence-electron chi connectivity index (χ2n) is 8.57. The highest BCUT2D eigenvalue weighted by atomic mass is 28.4. The van der Waals surface area contributed by atoms with Crippen LogP contribution in [0, 0.1) is 5.92 Å². The number of hydrogen-bond acceptors (Lipinski definition) is 4. The standard InChI is InChI=1S/C20H38O4Si/c1-7-25(8-2,9-3)24-20(6,15-21)18-17(22-19(4,5)23-18)16-13-11-10-12-14-16/h15-18H,7-14H2,1-6H3/t17-,18-,20-/m1/s1. The molecule has 0 radical (unpaired) electrons. The van der Waals surface area contributed by atoms with Gasteiger partial charge in [-0.2, -0.15) is 0 Å². The summed E-state index contributed by atoms with van der Waals surface area (Å²) in [4.78, 5) is 12.2. The topological polar surface area (TPSA) is 44.8 Å². The molecule has 1 heterocycles. The largest absolute Gasteiger partial charge is 0.402 e. The molecule has 25 heavy (non-hydrogen) atoms. The molecule has 2 fully saturated rings. The maximum atomic E-state index is 12.2. The van der Waals surface area contributed by atoms with Gasteiger partial charge < -0.3 is 18.7 Å². The lowest BCUT2D eigenvalue weighted by Gasteiger charge is -2.42. The van der Waals surface area contributed by atoms with Crippen molar-refractivity contribution in [2.75, 3.05) is 0 Å². The second kappa shape index (κ2) is 8.20. The maximum absolute atomic E-state index is 12.2. The van der Waals surface area contributed by atoms with Gasteiger partial charge in [-0.1, -0.05) is 40.0 Å². The van der Waals surface area contributed by atoms with Crippen molar-refractivity contribution in [1.29, 1.82) is 0 Å². The van der Waals surface area contributed by atoms with Gasteiger partial charge in [0.1, 0.15) is 11.7 Å². The van der Waals surface area contributed by atoms with Gasteiger partial charge in [0.2, 0.25) is 0 Å². The van der Waals surface area contributed by atoms with Gasteiger partial charge in [0.25, 0.3) is 0 Å². The van der Waals surface area contributed by atoms with Crippen LogP contribution in [-0.4, -0.2) is 38.2 Å². The Balaban J connectivity index is 2.29. The van der Waals surface area contributed by atoms with Crippen molar-refractivity contribution in [3.8, 4) is 0 Å². The minimum absolute atomic E-state index is 0.0530. The number of ether oxygens (including phenoxy) is 2. The third-order valence-corrected chi connectivity index (χ3v) is 11.2. The fraction of sp³-hybridized carbons (Fsp3) is 0.950. The highest BCUT2D eigenvalue weighted by Gasteiger charge is 2.55. The van der Waals surface area contributed by atoms with E-state index in [-0.39, 0.29) is 12.2 Å². The van der Waals surface area contributed by atoms with E-state index in [1.807, 2.05) is 20.8 Å². The second-order valence-corrected chi connectivity index (χ2v) is 13.3. The molecule has 0 unspecified atom stereocenters. The van der Waals surface area contributed by atoms with Crippen molar-refractivity contribution in [3.05, 3.63) is 0 Å². The van der Waals surface area contributed by atoms with Crippen LogP contribution >= 0.6 is 0 Å². The Morgan fingerprint density at radius 3 is 2.12 bits per heavy atom. The third-order valence-electron chi connectivity index (χ3n) is 6.41. The normalized spacial score (nSPS) is 30.2. The zero-order valence-corrected chi connectivity index (χ0v) is 18.1. The molecule has 1 saturated carbocycles. The van der Waals surface area contributed by atoms with Gasteiger partial charge in [-0.05, 0) is 57.7 Å². The monoisotopic (exact) mass is 370 g/mol. The van der Waals surface area contributed by atoms with E-state index in [2.05, 4.69) is 20.8 Å². The van der Waals surface area contributed by atoms with E-state index in [1.165, 1.54) is 19.3 Å². The summed E-state index contributed by atoms with van der Waals surface area (Å²) in [5.41, 5.74) is -0.926. The smallest absolute Gasteiger partial charge is 0.193 e. The Labute approximate surface area is 155 Å². The maximum Gasteiger partial charge on any atom is 0.193 e. The molecule has 0 amide bonds. The molecule has 2 aliphatic rings. The lowest BCUT2D eigenvalue weighted by molar-refractivity contribution is -0.167. The first-order valence-electron chi connectivity index (χ1n) is 10.3. The first kappa shape index (κ1) is 21.1. The van der Waals surface area contributed by atoms with Gasteiger partial charge in [-0.3, -0.25) is 0 Å². The van der Waals surface area contributed by atoms with E-state index in [0.717, 1.165) is 37.3 Å². The molecule has 0 aromatic heterocycles. The van der Waals surface area contributed by atoms with E-state index in [4.69, 9.17) is 13.9 Å². The molecule has 1 aliphatic heterocycles. The minimum atomic E-state index is -1.93.